The summed E-state index contributed by atoms with van der Waals surface area (Å²) in [6.07, 6.45) is 2.98. The van der Waals surface area contributed by atoms with E-state index < -0.39 is 11.6 Å². The Balaban J connectivity index is 1.55. The summed E-state index contributed by atoms with van der Waals surface area (Å²) in [6, 6.07) is 4.03. The Hall–Kier alpha value is -1.49. The van der Waals surface area contributed by atoms with Gasteiger partial charge >= 0.3 is 0 Å². The van der Waals surface area contributed by atoms with E-state index in [1.54, 1.807) is 0 Å². The second-order valence-corrected chi connectivity index (χ2v) is 5.74. The van der Waals surface area contributed by atoms with Crippen molar-refractivity contribution in [1.82, 2.24) is 10.2 Å². The summed E-state index contributed by atoms with van der Waals surface area (Å²) in [6.45, 7) is 1.86. The minimum absolute atomic E-state index is 0.000824. The molecule has 1 N–H and O–H groups in total. The number of likely N-dealkylation sites (tertiary alicyclic amines) is 1. The lowest BCUT2D eigenvalue weighted by atomic mass is 10.1. The Kier molecular flexibility index (Phi) is 3.70. The zero-order valence-corrected chi connectivity index (χ0v) is 11.2. The number of nitrogens with one attached hydrogen (secondary N) is 1. The zero-order chi connectivity index (χ0) is 14.1. The van der Waals surface area contributed by atoms with E-state index in [0.717, 1.165) is 31.9 Å². The molecule has 1 amide bonds. The fourth-order valence-corrected chi connectivity index (χ4v) is 2.63. The van der Waals surface area contributed by atoms with E-state index in [-0.39, 0.29) is 11.8 Å². The number of nitrogens with zero attached hydrogens (tertiary/aromatic N) is 1. The summed E-state index contributed by atoms with van der Waals surface area (Å²) >= 11 is 0. The molecule has 3 nitrogen and oxygen atoms in total. The number of carbonyl (C=O) groups excluding carboxylic acids is 1. The molecule has 1 aromatic rings. The van der Waals surface area contributed by atoms with Gasteiger partial charge < -0.3 is 5.32 Å². The largest absolute Gasteiger partial charge is 0.353 e. The maximum atomic E-state index is 13.6. The number of amides is 1. The van der Waals surface area contributed by atoms with Gasteiger partial charge in [-0.15, -0.1) is 0 Å². The van der Waals surface area contributed by atoms with Crippen LogP contribution in [0.1, 0.15) is 24.8 Å². The molecule has 2 aliphatic rings. The number of rotatable bonds is 4. The maximum absolute atomic E-state index is 13.6. The number of halogens is 2. The molecule has 1 heterocycles. The van der Waals surface area contributed by atoms with Gasteiger partial charge in [0.2, 0.25) is 5.91 Å². The van der Waals surface area contributed by atoms with Crippen LogP contribution in [0.25, 0.3) is 0 Å². The highest BCUT2D eigenvalue weighted by molar-refractivity contribution is 5.79. The number of hydrogen-bond acceptors (Lipinski definition) is 2. The zero-order valence-electron chi connectivity index (χ0n) is 11.2. The molecule has 2 fully saturated rings. The molecule has 1 aliphatic heterocycles. The van der Waals surface area contributed by atoms with E-state index in [0.29, 0.717) is 24.7 Å². The van der Waals surface area contributed by atoms with Crippen molar-refractivity contribution in [2.45, 2.75) is 31.8 Å². The summed E-state index contributed by atoms with van der Waals surface area (Å²) in [5.74, 6) is -0.959. The van der Waals surface area contributed by atoms with E-state index in [1.807, 2.05) is 4.90 Å². The second kappa shape index (κ2) is 5.48. The van der Waals surface area contributed by atoms with Crippen LogP contribution in [0.3, 0.4) is 0 Å². The van der Waals surface area contributed by atoms with Gasteiger partial charge in [0.1, 0.15) is 11.6 Å². The van der Waals surface area contributed by atoms with Crippen LogP contribution in [-0.4, -0.2) is 29.9 Å². The lowest BCUT2D eigenvalue weighted by Gasteiger charge is -2.16. The van der Waals surface area contributed by atoms with Crippen molar-refractivity contribution < 1.29 is 13.6 Å². The molecule has 1 saturated heterocycles. The highest BCUT2D eigenvalue weighted by Gasteiger charge is 2.32. The Morgan fingerprint density at radius 3 is 2.80 bits per heavy atom. The summed E-state index contributed by atoms with van der Waals surface area (Å²) in [5, 5.41) is 3.01. The SMILES string of the molecule is O=C(NC1CC1)C1CCN(Cc2ccc(F)cc2F)C1. The molecular formula is C15H18F2N2O. The van der Waals surface area contributed by atoms with Crippen molar-refractivity contribution in [3.8, 4) is 0 Å². The highest BCUT2D eigenvalue weighted by atomic mass is 19.1. The topological polar surface area (TPSA) is 32.3 Å². The van der Waals surface area contributed by atoms with Crippen LogP contribution >= 0.6 is 0 Å². The van der Waals surface area contributed by atoms with Gasteiger partial charge in [0, 0.05) is 30.8 Å². The normalized spacial score (nSPS) is 23.0. The van der Waals surface area contributed by atoms with Gasteiger partial charge in [-0.1, -0.05) is 6.07 Å². The van der Waals surface area contributed by atoms with Crippen LogP contribution in [0.5, 0.6) is 0 Å². The molecule has 1 atom stereocenters. The molecule has 1 aliphatic carbocycles. The fraction of sp³-hybridized carbons (Fsp3) is 0.533. The average molecular weight is 280 g/mol. The molecule has 0 aromatic heterocycles. The van der Waals surface area contributed by atoms with Gasteiger partial charge in [-0.3, -0.25) is 9.69 Å². The first kappa shape index (κ1) is 13.5. The monoisotopic (exact) mass is 280 g/mol. The maximum Gasteiger partial charge on any atom is 0.224 e. The molecule has 0 radical (unpaired) electrons. The molecule has 108 valence electrons. The van der Waals surface area contributed by atoms with Gasteiger partial charge in [0.15, 0.2) is 0 Å². The van der Waals surface area contributed by atoms with Crippen LogP contribution in [0.4, 0.5) is 8.78 Å². The standard InChI is InChI=1S/C15H18F2N2O/c16-12-2-1-10(14(17)7-12)8-19-6-5-11(9-19)15(20)18-13-3-4-13/h1-2,7,11,13H,3-6,8-9H2,(H,18,20). The average Bonchev–Trinajstić information content (AvgIpc) is 3.09. The third-order valence-electron chi connectivity index (χ3n) is 3.98. The van der Waals surface area contributed by atoms with Crippen LogP contribution in [0.2, 0.25) is 0 Å². The first-order valence-electron chi connectivity index (χ1n) is 7.08. The van der Waals surface area contributed by atoms with Crippen LogP contribution < -0.4 is 5.32 Å². The van der Waals surface area contributed by atoms with Crippen molar-refractivity contribution in [3.05, 3.63) is 35.4 Å². The van der Waals surface area contributed by atoms with Crippen molar-refractivity contribution in [1.29, 1.82) is 0 Å². The van der Waals surface area contributed by atoms with Gasteiger partial charge in [0.25, 0.3) is 0 Å². The molecule has 5 heteroatoms. The number of hydrogen-bond donors (Lipinski definition) is 1. The fourth-order valence-electron chi connectivity index (χ4n) is 2.63. The smallest absolute Gasteiger partial charge is 0.224 e. The lowest BCUT2D eigenvalue weighted by molar-refractivity contribution is -0.124. The third kappa shape index (κ3) is 3.15. The van der Waals surface area contributed by atoms with Crippen LogP contribution in [0.15, 0.2) is 18.2 Å². The van der Waals surface area contributed by atoms with Crippen molar-refractivity contribution in [3.63, 3.8) is 0 Å². The Morgan fingerprint density at radius 1 is 1.30 bits per heavy atom. The quantitative estimate of drug-likeness (QED) is 0.915. The van der Waals surface area contributed by atoms with Crippen molar-refractivity contribution >= 4 is 5.91 Å². The van der Waals surface area contributed by atoms with Crippen LogP contribution in [0, 0.1) is 17.6 Å². The molecule has 3 rings (SSSR count). The Morgan fingerprint density at radius 2 is 2.10 bits per heavy atom. The first-order valence-corrected chi connectivity index (χ1v) is 7.08. The number of benzene rings is 1. The van der Waals surface area contributed by atoms with Gasteiger partial charge in [-0.2, -0.15) is 0 Å². The van der Waals surface area contributed by atoms with Gasteiger partial charge in [0.05, 0.1) is 5.92 Å². The summed E-state index contributed by atoms with van der Waals surface area (Å²) < 4.78 is 26.4. The predicted octanol–water partition coefficient (Wildman–Crippen LogP) is 2.07. The minimum Gasteiger partial charge on any atom is -0.353 e. The number of carbonyl (C=O) groups is 1. The summed E-state index contributed by atoms with van der Waals surface area (Å²) in [4.78, 5) is 14.0. The van der Waals surface area contributed by atoms with E-state index in [1.165, 1.54) is 12.1 Å². The Labute approximate surface area is 117 Å². The van der Waals surface area contributed by atoms with E-state index >= 15 is 0 Å². The van der Waals surface area contributed by atoms with Crippen molar-refractivity contribution in [2.75, 3.05) is 13.1 Å². The Bertz CT molecular complexity index is 517. The molecular weight excluding hydrogens is 262 g/mol. The predicted molar refractivity (Wildman–Crippen MR) is 70.9 cm³/mol. The first-order chi connectivity index (χ1) is 9.61. The van der Waals surface area contributed by atoms with Crippen molar-refractivity contribution in [2.24, 2.45) is 5.92 Å². The second-order valence-electron chi connectivity index (χ2n) is 5.74. The highest BCUT2D eigenvalue weighted by Crippen LogP contribution is 2.23. The molecule has 1 unspecified atom stereocenters. The van der Waals surface area contributed by atoms with Crippen LogP contribution in [-0.2, 0) is 11.3 Å². The molecule has 0 bridgehead atoms. The molecule has 1 aromatic carbocycles. The lowest BCUT2D eigenvalue weighted by Crippen LogP contribution is -2.34. The minimum atomic E-state index is -0.561. The third-order valence-corrected chi connectivity index (χ3v) is 3.98. The van der Waals surface area contributed by atoms with E-state index in [4.69, 9.17) is 0 Å². The van der Waals surface area contributed by atoms with E-state index in [9.17, 15) is 13.6 Å². The molecule has 1 saturated carbocycles. The molecule has 0 spiro atoms. The van der Waals surface area contributed by atoms with E-state index in [2.05, 4.69) is 5.32 Å². The summed E-state index contributed by atoms with van der Waals surface area (Å²) in [5.41, 5.74) is 0.481. The molecule has 20 heavy (non-hydrogen) atoms. The summed E-state index contributed by atoms with van der Waals surface area (Å²) in [7, 11) is 0. The van der Waals surface area contributed by atoms with Gasteiger partial charge in [-0.05, 0) is 31.9 Å². The van der Waals surface area contributed by atoms with Gasteiger partial charge in [-0.25, -0.2) is 8.78 Å².